The summed E-state index contributed by atoms with van der Waals surface area (Å²) in [7, 11) is 0. The third kappa shape index (κ3) is 5.40. The first-order valence-electron chi connectivity index (χ1n) is 8.51. The molecule has 5 heteroatoms. The molecule has 1 aromatic rings. The zero-order valence-corrected chi connectivity index (χ0v) is 14.4. The number of para-hydroxylation sites is 1. The molecule has 0 spiro atoms. The van der Waals surface area contributed by atoms with E-state index < -0.39 is 0 Å². The predicted octanol–water partition coefficient (Wildman–Crippen LogP) is 2.87. The van der Waals surface area contributed by atoms with E-state index in [1.54, 1.807) is 0 Å². The first-order chi connectivity index (χ1) is 10.8. The van der Waals surface area contributed by atoms with Crippen LogP contribution in [0.1, 0.15) is 32.1 Å². The van der Waals surface area contributed by atoms with Gasteiger partial charge in [0.2, 0.25) is 5.91 Å². The van der Waals surface area contributed by atoms with E-state index in [0.717, 1.165) is 51.2 Å². The second-order valence-corrected chi connectivity index (χ2v) is 6.41. The summed E-state index contributed by atoms with van der Waals surface area (Å²) < 4.78 is 5.98. The van der Waals surface area contributed by atoms with Crippen LogP contribution in [0, 0.1) is 5.92 Å². The maximum atomic E-state index is 12.3. The summed E-state index contributed by atoms with van der Waals surface area (Å²) in [4.78, 5) is 14.3. The lowest BCUT2D eigenvalue weighted by atomic mass is 10.0. The quantitative estimate of drug-likeness (QED) is 0.897. The molecular formula is C18H27ClN2O2. The van der Waals surface area contributed by atoms with Crippen molar-refractivity contribution in [3.8, 4) is 5.75 Å². The SMILES string of the molecule is Cl.O=C(CCC1CCNC1)N1CCC(Oc2ccccc2)CC1. The summed E-state index contributed by atoms with van der Waals surface area (Å²) in [5.41, 5.74) is 0. The Morgan fingerprint density at radius 3 is 2.57 bits per heavy atom. The van der Waals surface area contributed by atoms with Crippen molar-refractivity contribution in [1.29, 1.82) is 0 Å². The third-order valence-corrected chi connectivity index (χ3v) is 4.77. The molecule has 0 saturated carbocycles. The number of piperidine rings is 1. The van der Waals surface area contributed by atoms with Crippen LogP contribution in [0.2, 0.25) is 0 Å². The predicted molar refractivity (Wildman–Crippen MR) is 94.1 cm³/mol. The summed E-state index contributed by atoms with van der Waals surface area (Å²) >= 11 is 0. The van der Waals surface area contributed by atoms with Crippen LogP contribution >= 0.6 is 12.4 Å². The minimum atomic E-state index is 0. The van der Waals surface area contributed by atoms with E-state index in [1.165, 1.54) is 6.42 Å². The van der Waals surface area contributed by atoms with Gasteiger partial charge in [-0.2, -0.15) is 0 Å². The highest BCUT2D eigenvalue weighted by atomic mass is 35.5. The number of halogens is 1. The normalized spacial score (nSPS) is 21.7. The molecule has 0 aromatic heterocycles. The van der Waals surface area contributed by atoms with Crippen molar-refractivity contribution in [3.05, 3.63) is 30.3 Å². The van der Waals surface area contributed by atoms with E-state index in [4.69, 9.17) is 4.74 Å². The van der Waals surface area contributed by atoms with Crippen LogP contribution in [0.4, 0.5) is 0 Å². The zero-order valence-electron chi connectivity index (χ0n) is 13.6. The van der Waals surface area contributed by atoms with Gasteiger partial charge in [0.05, 0.1) is 0 Å². The molecule has 2 aliphatic rings. The van der Waals surface area contributed by atoms with E-state index in [-0.39, 0.29) is 18.5 Å². The Labute approximate surface area is 145 Å². The number of rotatable bonds is 5. The van der Waals surface area contributed by atoms with E-state index in [0.29, 0.717) is 18.2 Å². The number of carbonyl (C=O) groups is 1. The largest absolute Gasteiger partial charge is 0.490 e. The van der Waals surface area contributed by atoms with Gasteiger partial charge in [0.15, 0.2) is 0 Å². The van der Waals surface area contributed by atoms with Crippen molar-refractivity contribution >= 4 is 18.3 Å². The summed E-state index contributed by atoms with van der Waals surface area (Å²) in [6, 6.07) is 9.96. The van der Waals surface area contributed by atoms with Crippen molar-refractivity contribution in [2.24, 2.45) is 5.92 Å². The maximum absolute atomic E-state index is 12.3. The van der Waals surface area contributed by atoms with Gasteiger partial charge in [0, 0.05) is 32.4 Å². The summed E-state index contributed by atoms with van der Waals surface area (Å²) in [5, 5.41) is 3.36. The van der Waals surface area contributed by atoms with Gasteiger partial charge in [-0.05, 0) is 44.0 Å². The van der Waals surface area contributed by atoms with Gasteiger partial charge in [-0.15, -0.1) is 12.4 Å². The molecule has 4 nitrogen and oxygen atoms in total. The van der Waals surface area contributed by atoms with E-state index in [2.05, 4.69) is 5.32 Å². The van der Waals surface area contributed by atoms with E-state index in [9.17, 15) is 4.79 Å². The number of amides is 1. The minimum absolute atomic E-state index is 0. The van der Waals surface area contributed by atoms with Crippen LogP contribution in [-0.2, 0) is 4.79 Å². The molecular weight excluding hydrogens is 312 g/mol. The molecule has 2 saturated heterocycles. The zero-order chi connectivity index (χ0) is 15.2. The molecule has 23 heavy (non-hydrogen) atoms. The summed E-state index contributed by atoms with van der Waals surface area (Å²) in [6.07, 6.45) is 5.07. The Bertz CT molecular complexity index is 469. The lowest BCUT2D eigenvalue weighted by Gasteiger charge is -2.32. The first kappa shape index (κ1) is 18.1. The van der Waals surface area contributed by atoms with Gasteiger partial charge in [0.1, 0.15) is 11.9 Å². The van der Waals surface area contributed by atoms with Crippen molar-refractivity contribution in [1.82, 2.24) is 10.2 Å². The molecule has 0 radical (unpaired) electrons. The van der Waals surface area contributed by atoms with Gasteiger partial charge < -0.3 is 15.0 Å². The average Bonchev–Trinajstić information content (AvgIpc) is 3.08. The molecule has 2 fully saturated rings. The number of likely N-dealkylation sites (tertiary alicyclic amines) is 1. The molecule has 1 atom stereocenters. The fourth-order valence-corrected chi connectivity index (χ4v) is 3.36. The highest BCUT2D eigenvalue weighted by molar-refractivity contribution is 5.85. The lowest BCUT2D eigenvalue weighted by molar-refractivity contribution is -0.133. The van der Waals surface area contributed by atoms with E-state index in [1.807, 2.05) is 35.2 Å². The molecule has 1 aromatic carbocycles. The number of benzene rings is 1. The van der Waals surface area contributed by atoms with E-state index >= 15 is 0 Å². The van der Waals surface area contributed by atoms with Crippen molar-refractivity contribution in [3.63, 3.8) is 0 Å². The van der Waals surface area contributed by atoms with Crippen molar-refractivity contribution in [2.45, 2.75) is 38.2 Å². The monoisotopic (exact) mass is 338 g/mol. The van der Waals surface area contributed by atoms with Crippen LogP contribution < -0.4 is 10.1 Å². The van der Waals surface area contributed by atoms with Gasteiger partial charge in [0.25, 0.3) is 0 Å². The third-order valence-electron chi connectivity index (χ3n) is 4.77. The standard InChI is InChI=1S/C18H26N2O2.ClH/c21-18(7-6-15-8-11-19-14-15)20-12-9-17(10-13-20)22-16-4-2-1-3-5-16;/h1-5,15,17,19H,6-14H2;1H. The fourth-order valence-electron chi connectivity index (χ4n) is 3.36. The molecule has 0 aliphatic carbocycles. The van der Waals surface area contributed by atoms with Gasteiger partial charge in [-0.1, -0.05) is 18.2 Å². The summed E-state index contributed by atoms with van der Waals surface area (Å²) in [6.45, 7) is 3.86. The van der Waals surface area contributed by atoms with Crippen LogP contribution in [0.25, 0.3) is 0 Å². The second-order valence-electron chi connectivity index (χ2n) is 6.41. The topological polar surface area (TPSA) is 41.6 Å². The Balaban J connectivity index is 0.00000192. The van der Waals surface area contributed by atoms with Crippen LogP contribution in [-0.4, -0.2) is 43.1 Å². The molecule has 128 valence electrons. The molecule has 0 bridgehead atoms. The van der Waals surface area contributed by atoms with Crippen LogP contribution in [0.3, 0.4) is 0 Å². The number of nitrogens with zero attached hydrogens (tertiary/aromatic N) is 1. The Kier molecular flexibility index (Phi) is 7.18. The Hall–Kier alpha value is -1.26. The highest BCUT2D eigenvalue weighted by Gasteiger charge is 2.24. The number of ether oxygens (including phenoxy) is 1. The molecule has 3 rings (SSSR count). The van der Waals surface area contributed by atoms with Gasteiger partial charge >= 0.3 is 0 Å². The van der Waals surface area contributed by atoms with Gasteiger partial charge in [-0.25, -0.2) is 0 Å². The minimum Gasteiger partial charge on any atom is -0.490 e. The molecule has 2 aliphatic heterocycles. The number of hydrogen-bond acceptors (Lipinski definition) is 3. The van der Waals surface area contributed by atoms with Crippen LogP contribution in [0.15, 0.2) is 30.3 Å². The average molecular weight is 339 g/mol. The maximum Gasteiger partial charge on any atom is 0.222 e. The second kappa shape index (κ2) is 9.14. The Morgan fingerprint density at radius 1 is 1.17 bits per heavy atom. The summed E-state index contributed by atoms with van der Waals surface area (Å²) in [5.74, 6) is 1.95. The molecule has 1 amide bonds. The Morgan fingerprint density at radius 2 is 1.91 bits per heavy atom. The smallest absolute Gasteiger partial charge is 0.222 e. The molecule has 1 N–H and O–H groups in total. The number of nitrogens with one attached hydrogen (secondary N) is 1. The fraction of sp³-hybridized carbons (Fsp3) is 0.611. The molecule has 1 unspecified atom stereocenters. The van der Waals surface area contributed by atoms with Crippen LogP contribution in [0.5, 0.6) is 5.75 Å². The first-order valence-corrected chi connectivity index (χ1v) is 8.51. The molecule has 2 heterocycles. The van der Waals surface area contributed by atoms with Gasteiger partial charge in [-0.3, -0.25) is 4.79 Å². The van der Waals surface area contributed by atoms with Crippen molar-refractivity contribution < 1.29 is 9.53 Å². The lowest BCUT2D eigenvalue weighted by Crippen LogP contribution is -2.41. The highest BCUT2D eigenvalue weighted by Crippen LogP contribution is 2.20. The van der Waals surface area contributed by atoms with Crippen molar-refractivity contribution in [2.75, 3.05) is 26.2 Å². The number of carbonyl (C=O) groups excluding carboxylic acids is 1. The number of hydrogen-bond donors (Lipinski definition) is 1.